The Hall–Kier alpha value is -0.880. The summed E-state index contributed by atoms with van der Waals surface area (Å²) in [4.78, 5) is 5.68. The minimum absolute atomic E-state index is 0. The molecule has 1 aromatic carbocycles. The van der Waals surface area contributed by atoms with Crippen LogP contribution in [-0.2, 0) is 12.8 Å². The number of nitrogen functional groups attached to an aromatic ring is 1. The summed E-state index contributed by atoms with van der Waals surface area (Å²) < 4.78 is 0. The molecule has 1 aliphatic carbocycles. The van der Waals surface area contributed by atoms with E-state index in [9.17, 15) is 0 Å². The summed E-state index contributed by atoms with van der Waals surface area (Å²) in [5.74, 6) is 0. The SMILES string of the molecule is C=CCc1ccc2c(c1)Cc1sc(N)nc1-2.I. The largest absolute Gasteiger partial charge is 0.375 e. The zero-order valence-corrected chi connectivity index (χ0v) is 12.4. The maximum absolute atomic E-state index is 5.72. The second kappa shape index (κ2) is 4.78. The topological polar surface area (TPSA) is 38.9 Å². The number of halogens is 1. The van der Waals surface area contributed by atoms with Gasteiger partial charge in [-0.3, -0.25) is 0 Å². The van der Waals surface area contributed by atoms with Crippen molar-refractivity contribution in [1.29, 1.82) is 0 Å². The second-order valence-corrected chi connectivity index (χ2v) is 5.10. The maximum Gasteiger partial charge on any atom is 0.180 e. The first kappa shape index (κ1) is 12.6. The Labute approximate surface area is 122 Å². The average Bonchev–Trinajstić information content (AvgIpc) is 2.73. The van der Waals surface area contributed by atoms with Gasteiger partial charge in [-0.15, -0.1) is 41.9 Å². The van der Waals surface area contributed by atoms with Crippen LogP contribution in [0.2, 0.25) is 0 Å². The Balaban J connectivity index is 0.00000108. The van der Waals surface area contributed by atoms with Crippen LogP contribution in [0.1, 0.15) is 16.0 Å². The van der Waals surface area contributed by atoms with Gasteiger partial charge < -0.3 is 5.73 Å². The fourth-order valence-electron chi connectivity index (χ4n) is 2.19. The number of aromatic nitrogens is 1. The van der Waals surface area contributed by atoms with Crippen LogP contribution in [0, 0.1) is 0 Å². The van der Waals surface area contributed by atoms with Crippen LogP contribution in [0.15, 0.2) is 30.9 Å². The minimum atomic E-state index is 0. The number of anilines is 1. The normalized spacial score (nSPS) is 11.5. The number of rotatable bonds is 2. The Kier molecular flexibility index (Phi) is 3.53. The van der Waals surface area contributed by atoms with Gasteiger partial charge in [-0.1, -0.05) is 24.3 Å². The lowest BCUT2D eigenvalue weighted by atomic mass is 10.0. The maximum atomic E-state index is 5.72. The molecule has 1 aromatic heterocycles. The molecule has 2 nitrogen and oxygen atoms in total. The zero-order chi connectivity index (χ0) is 11.1. The van der Waals surface area contributed by atoms with Crippen LogP contribution in [0.25, 0.3) is 11.3 Å². The molecule has 4 heteroatoms. The summed E-state index contributed by atoms with van der Waals surface area (Å²) in [6, 6.07) is 6.55. The molecule has 0 amide bonds. The highest BCUT2D eigenvalue weighted by molar-refractivity contribution is 14.0. The van der Waals surface area contributed by atoms with Crippen LogP contribution in [0.3, 0.4) is 0 Å². The standard InChI is InChI=1S/C13H12N2S.HI/c1-2-3-8-4-5-10-9(6-8)7-11-12(10)15-13(14)16-11;/h2,4-6H,1,3,7H2,(H2,14,15);1H. The predicted molar refractivity (Wildman–Crippen MR) is 84.1 cm³/mol. The van der Waals surface area contributed by atoms with Crippen molar-refractivity contribution in [3.63, 3.8) is 0 Å². The van der Waals surface area contributed by atoms with Crippen molar-refractivity contribution in [2.24, 2.45) is 0 Å². The fraction of sp³-hybridized carbons (Fsp3) is 0.154. The van der Waals surface area contributed by atoms with Crippen molar-refractivity contribution in [3.8, 4) is 11.3 Å². The summed E-state index contributed by atoms with van der Waals surface area (Å²) in [6.45, 7) is 3.76. The molecule has 3 rings (SSSR count). The van der Waals surface area contributed by atoms with E-state index in [4.69, 9.17) is 5.73 Å². The van der Waals surface area contributed by atoms with Gasteiger partial charge in [0.15, 0.2) is 5.13 Å². The summed E-state index contributed by atoms with van der Waals surface area (Å²) in [5, 5.41) is 0.672. The van der Waals surface area contributed by atoms with E-state index in [1.807, 2.05) is 6.08 Å². The summed E-state index contributed by atoms with van der Waals surface area (Å²) >= 11 is 1.60. The van der Waals surface area contributed by atoms with E-state index < -0.39 is 0 Å². The van der Waals surface area contributed by atoms with Crippen LogP contribution in [-0.4, -0.2) is 4.98 Å². The van der Waals surface area contributed by atoms with Gasteiger partial charge in [0.1, 0.15) is 0 Å². The molecule has 0 unspecified atom stereocenters. The second-order valence-electron chi connectivity index (χ2n) is 3.98. The summed E-state index contributed by atoms with van der Waals surface area (Å²) in [7, 11) is 0. The Morgan fingerprint density at radius 1 is 1.47 bits per heavy atom. The number of allylic oxidation sites excluding steroid dienone is 1. The quantitative estimate of drug-likeness (QED) is 0.562. The van der Waals surface area contributed by atoms with E-state index in [-0.39, 0.29) is 24.0 Å². The molecule has 0 bridgehead atoms. The van der Waals surface area contributed by atoms with Crippen molar-refractivity contribution < 1.29 is 0 Å². The summed E-state index contributed by atoms with van der Waals surface area (Å²) in [5.41, 5.74) is 10.7. The molecule has 0 aliphatic heterocycles. The van der Waals surface area contributed by atoms with Crippen molar-refractivity contribution in [2.45, 2.75) is 12.8 Å². The molecule has 0 atom stereocenters. The van der Waals surface area contributed by atoms with Gasteiger partial charge in [0.05, 0.1) is 5.69 Å². The Morgan fingerprint density at radius 3 is 3.06 bits per heavy atom. The Morgan fingerprint density at radius 2 is 2.29 bits per heavy atom. The van der Waals surface area contributed by atoms with E-state index >= 15 is 0 Å². The van der Waals surface area contributed by atoms with Gasteiger partial charge in [0.25, 0.3) is 0 Å². The number of thiazole rings is 1. The van der Waals surface area contributed by atoms with Gasteiger partial charge in [-0.05, 0) is 17.5 Å². The van der Waals surface area contributed by atoms with Gasteiger partial charge in [0.2, 0.25) is 0 Å². The monoisotopic (exact) mass is 356 g/mol. The third-order valence-corrected chi connectivity index (χ3v) is 3.75. The molecule has 0 saturated heterocycles. The number of fused-ring (bicyclic) bond motifs is 3. The number of hydrogen-bond acceptors (Lipinski definition) is 3. The molecule has 0 saturated carbocycles. The van der Waals surface area contributed by atoms with Crippen LogP contribution in [0.5, 0.6) is 0 Å². The van der Waals surface area contributed by atoms with E-state index in [0.29, 0.717) is 5.13 Å². The number of hydrogen-bond donors (Lipinski definition) is 1. The molecule has 0 radical (unpaired) electrons. The minimum Gasteiger partial charge on any atom is -0.375 e. The molecule has 1 aliphatic rings. The Bertz CT molecular complexity index is 575. The van der Waals surface area contributed by atoms with Crippen molar-refractivity contribution in [1.82, 2.24) is 4.98 Å². The van der Waals surface area contributed by atoms with Crippen molar-refractivity contribution in [3.05, 3.63) is 46.9 Å². The molecule has 2 N–H and O–H groups in total. The third-order valence-electron chi connectivity index (χ3n) is 2.87. The third kappa shape index (κ3) is 2.11. The van der Waals surface area contributed by atoms with Crippen molar-refractivity contribution in [2.75, 3.05) is 5.73 Å². The smallest absolute Gasteiger partial charge is 0.180 e. The first-order chi connectivity index (χ1) is 7.78. The first-order valence-electron chi connectivity index (χ1n) is 5.26. The average molecular weight is 356 g/mol. The lowest BCUT2D eigenvalue weighted by Gasteiger charge is -2.02. The highest BCUT2D eigenvalue weighted by Gasteiger charge is 2.22. The molecule has 17 heavy (non-hydrogen) atoms. The van der Waals surface area contributed by atoms with Gasteiger partial charge in [-0.2, -0.15) is 0 Å². The molecule has 88 valence electrons. The lowest BCUT2D eigenvalue weighted by Crippen LogP contribution is -1.87. The summed E-state index contributed by atoms with van der Waals surface area (Å²) in [6.07, 6.45) is 3.84. The van der Waals surface area contributed by atoms with Crippen LogP contribution < -0.4 is 5.73 Å². The van der Waals surface area contributed by atoms with Crippen molar-refractivity contribution >= 4 is 40.4 Å². The van der Waals surface area contributed by atoms with E-state index in [1.165, 1.54) is 21.6 Å². The first-order valence-corrected chi connectivity index (χ1v) is 6.08. The van der Waals surface area contributed by atoms with Crippen LogP contribution >= 0.6 is 35.3 Å². The van der Waals surface area contributed by atoms with E-state index in [1.54, 1.807) is 11.3 Å². The van der Waals surface area contributed by atoms with E-state index in [0.717, 1.165) is 18.5 Å². The molecule has 2 aromatic rings. The van der Waals surface area contributed by atoms with E-state index in [2.05, 4.69) is 29.8 Å². The molecule has 1 heterocycles. The molecule has 0 spiro atoms. The zero-order valence-electron chi connectivity index (χ0n) is 9.27. The lowest BCUT2D eigenvalue weighted by molar-refractivity contribution is 1.23. The molecule has 0 fully saturated rings. The highest BCUT2D eigenvalue weighted by Crippen LogP contribution is 2.40. The predicted octanol–water partition coefficient (Wildman–Crippen LogP) is 3.64. The number of benzene rings is 1. The molecular formula is C13H13IN2S. The molecular weight excluding hydrogens is 343 g/mol. The number of nitrogens with two attached hydrogens (primary N) is 1. The van der Waals surface area contributed by atoms with Gasteiger partial charge in [-0.25, -0.2) is 4.98 Å². The van der Waals surface area contributed by atoms with Gasteiger partial charge in [0, 0.05) is 16.9 Å². The fourth-order valence-corrected chi connectivity index (χ4v) is 3.06. The highest BCUT2D eigenvalue weighted by atomic mass is 127. The van der Waals surface area contributed by atoms with Crippen LogP contribution in [0.4, 0.5) is 5.13 Å². The van der Waals surface area contributed by atoms with Gasteiger partial charge >= 0.3 is 0 Å². The number of nitrogens with zero attached hydrogens (tertiary/aromatic N) is 1.